The van der Waals surface area contributed by atoms with Crippen LogP contribution in [0.1, 0.15) is 51.7 Å². The zero-order valence-corrected chi connectivity index (χ0v) is 21.6. The first-order valence-corrected chi connectivity index (χ1v) is 12.2. The van der Waals surface area contributed by atoms with Crippen LogP contribution >= 0.6 is 0 Å². The van der Waals surface area contributed by atoms with Gasteiger partial charge in [0.2, 0.25) is 17.7 Å². The van der Waals surface area contributed by atoms with Gasteiger partial charge in [0.25, 0.3) is 6.47 Å². The molecule has 0 aliphatic heterocycles. The van der Waals surface area contributed by atoms with E-state index in [-0.39, 0.29) is 17.7 Å². The molecule has 200 valence electrons. The van der Waals surface area contributed by atoms with E-state index in [1.54, 1.807) is 19.1 Å². The van der Waals surface area contributed by atoms with Crippen molar-refractivity contribution in [1.29, 1.82) is 0 Å². The number of oxazole rings is 1. The molecule has 0 aliphatic carbocycles. The molecule has 5 N–H and O–H groups in total. The number of ether oxygens (including phenoxy) is 1. The molecule has 0 saturated carbocycles. The van der Waals surface area contributed by atoms with Crippen LogP contribution < -0.4 is 16.4 Å². The summed E-state index contributed by atoms with van der Waals surface area (Å²) in [4.78, 5) is 38.5. The number of para-hydroxylation sites is 2. The van der Waals surface area contributed by atoms with Gasteiger partial charge in [0.1, 0.15) is 18.2 Å². The van der Waals surface area contributed by atoms with Crippen LogP contribution in [0.25, 0.3) is 11.1 Å². The van der Waals surface area contributed by atoms with E-state index in [9.17, 15) is 19.5 Å². The maximum absolute atomic E-state index is 12.4. The van der Waals surface area contributed by atoms with Crippen molar-refractivity contribution in [3.8, 4) is 0 Å². The normalized spacial score (nSPS) is 14.0. The summed E-state index contributed by atoms with van der Waals surface area (Å²) in [7, 11) is 0. The van der Waals surface area contributed by atoms with E-state index in [0.717, 1.165) is 5.56 Å². The smallest absolute Gasteiger partial charge is 0.293 e. The van der Waals surface area contributed by atoms with E-state index in [0.29, 0.717) is 30.6 Å². The Morgan fingerprint density at radius 1 is 1.05 bits per heavy atom. The van der Waals surface area contributed by atoms with Gasteiger partial charge in [-0.3, -0.25) is 14.4 Å². The molecule has 0 radical (unpaired) electrons. The highest BCUT2D eigenvalue weighted by atomic mass is 16.5. The van der Waals surface area contributed by atoms with Crippen LogP contribution in [-0.4, -0.2) is 46.5 Å². The molecule has 1 heterocycles. The topological polar surface area (TPSA) is 157 Å². The number of rotatable bonds is 11. The summed E-state index contributed by atoms with van der Waals surface area (Å²) >= 11 is 0. The number of nitrogens with two attached hydrogens (primary N) is 1. The number of nitrogens with zero attached hydrogens (tertiary/aromatic N) is 1. The summed E-state index contributed by atoms with van der Waals surface area (Å²) in [6, 6.07) is 14.6. The first kappa shape index (κ1) is 29.5. The molecule has 2 amide bonds. The first-order valence-electron chi connectivity index (χ1n) is 12.2. The number of carbonyl (C=O) groups excluding carboxylic acids is 3. The minimum atomic E-state index is -1.10. The van der Waals surface area contributed by atoms with E-state index in [4.69, 9.17) is 10.2 Å². The number of hydrogen-bond acceptors (Lipinski definition) is 8. The van der Waals surface area contributed by atoms with Crippen LogP contribution in [0.3, 0.4) is 0 Å². The molecule has 0 saturated heterocycles. The molecule has 0 spiro atoms. The molecule has 37 heavy (non-hydrogen) atoms. The van der Waals surface area contributed by atoms with Gasteiger partial charge in [0.05, 0.1) is 12.1 Å². The molecular weight excluding hydrogens is 476 g/mol. The van der Waals surface area contributed by atoms with Gasteiger partial charge in [0.15, 0.2) is 11.7 Å². The van der Waals surface area contributed by atoms with Crippen LogP contribution in [0.5, 0.6) is 0 Å². The number of benzene rings is 2. The molecule has 4 atom stereocenters. The Kier molecular flexibility index (Phi) is 11.7. The number of amides is 2. The third kappa shape index (κ3) is 9.00. The predicted octanol–water partition coefficient (Wildman–Crippen LogP) is 2.60. The number of carbonyl (C=O) groups is 3. The number of nitrogens with one attached hydrogen (secondary N) is 2. The third-order valence-corrected chi connectivity index (χ3v) is 5.65. The molecule has 10 nitrogen and oxygen atoms in total. The van der Waals surface area contributed by atoms with E-state index >= 15 is 0 Å². The molecule has 0 aliphatic rings. The van der Waals surface area contributed by atoms with Crippen LogP contribution in [0.15, 0.2) is 59.0 Å². The highest BCUT2D eigenvalue weighted by Gasteiger charge is 2.28. The fraction of sp³-hybridized carbons (Fsp3) is 0.407. The number of fused-ring (bicyclic) bond motifs is 1. The van der Waals surface area contributed by atoms with Gasteiger partial charge >= 0.3 is 0 Å². The maximum atomic E-state index is 12.4. The molecule has 0 fully saturated rings. The lowest BCUT2D eigenvalue weighted by Crippen LogP contribution is -2.53. The van der Waals surface area contributed by atoms with Gasteiger partial charge in [-0.1, -0.05) is 63.2 Å². The number of aromatic nitrogens is 1. The predicted molar refractivity (Wildman–Crippen MR) is 139 cm³/mol. The number of hydrogen-bond donors (Lipinski definition) is 4. The van der Waals surface area contributed by atoms with E-state index in [2.05, 4.69) is 20.4 Å². The Bertz CT molecular complexity index is 1100. The second-order valence-electron chi connectivity index (χ2n) is 8.88. The fourth-order valence-corrected chi connectivity index (χ4v) is 3.28. The van der Waals surface area contributed by atoms with Gasteiger partial charge in [-0.2, -0.15) is 0 Å². The van der Waals surface area contributed by atoms with Crippen LogP contribution in [-0.2, 0) is 25.7 Å². The van der Waals surface area contributed by atoms with Crippen molar-refractivity contribution in [3.05, 3.63) is 66.1 Å². The lowest BCUT2D eigenvalue weighted by atomic mass is 10.0. The molecule has 0 bridgehead atoms. The Balaban J connectivity index is 0.000000402. The Morgan fingerprint density at radius 3 is 2.30 bits per heavy atom. The Morgan fingerprint density at radius 2 is 1.70 bits per heavy atom. The SMILES string of the molecule is CC[C@@H](NC(=O)[C@H](C)NC(=O)[C@H](N)C(C)C)C(O)c1nc2ccccc2o1.O=COCc1ccccc1. The lowest BCUT2D eigenvalue weighted by molar-refractivity contribution is -0.130. The zero-order chi connectivity index (χ0) is 27.4. The molecule has 10 heteroatoms. The zero-order valence-electron chi connectivity index (χ0n) is 21.6. The van der Waals surface area contributed by atoms with Crippen LogP contribution in [0.2, 0.25) is 0 Å². The van der Waals surface area contributed by atoms with Crippen molar-refractivity contribution in [1.82, 2.24) is 15.6 Å². The molecule has 1 aromatic heterocycles. The van der Waals surface area contributed by atoms with Crippen molar-refractivity contribution in [3.63, 3.8) is 0 Å². The Hall–Kier alpha value is -3.76. The Labute approximate surface area is 216 Å². The van der Waals surface area contributed by atoms with Crippen molar-refractivity contribution in [2.75, 3.05) is 0 Å². The molecule has 1 unspecified atom stereocenters. The second kappa shape index (κ2) is 14.7. The van der Waals surface area contributed by atoms with E-state index in [1.165, 1.54) is 0 Å². The minimum absolute atomic E-state index is 0.0374. The van der Waals surface area contributed by atoms with E-state index < -0.39 is 30.1 Å². The lowest BCUT2D eigenvalue weighted by Gasteiger charge is -2.24. The second-order valence-corrected chi connectivity index (χ2v) is 8.88. The first-order chi connectivity index (χ1) is 17.7. The van der Waals surface area contributed by atoms with Gasteiger partial charge in [0, 0.05) is 0 Å². The molecule has 2 aromatic carbocycles. The van der Waals surface area contributed by atoms with Crippen molar-refractivity contribution in [2.24, 2.45) is 11.7 Å². The minimum Gasteiger partial charge on any atom is -0.463 e. The summed E-state index contributed by atoms with van der Waals surface area (Å²) in [5.74, 6) is -0.701. The molecule has 3 rings (SSSR count). The monoisotopic (exact) mass is 512 g/mol. The summed E-state index contributed by atoms with van der Waals surface area (Å²) in [5.41, 5.74) is 8.00. The third-order valence-electron chi connectivity index (χ3n) is 5.65. The van der Waals surface area contributed by atoms with Crippen molar-refractivity contribution in [2.45, 2.75) is 65.0 Å². The fourth-order valence-electron chi connectivity index (χ4n) is 3.28. The highest BCUT2D eigenvalue weighted by molar-refractivity contribution is 5.89. The van der Waals surface area contributed by atoms with Crippen molar-refractivity contribution >= 4 is 29.4 Å². The number of aliphatic hydroxyl groups excluding tert-OH is 1. The van der Waals surface area contributed by atoms with E-state index in [1.807, 2.05) is 63.2 Å². The summed E-state index contributed by atoms with van der Waals surface area (Å²) in [6.07, 6.45) is -0.648. The van der Waals surface area contributed by atoms with Crippen molar-refractivity contribution < 1.29 is 28.6 Å². The van der Waals surface area contributed by atoms with Gasteiger partial charge < -0.3 is 30.6 Å². The van der Waals surface area contributed by atoms with Gasteiger partial charge in [-0.15, -0.1) is 0 Å². The summed E-state index contributed by atoms with van der Waals surface area (Å²) < 4.78 is 10.1. The van der Waals surface area contributed by atoms with Crippen LogP contribution in [0.4, 0.5) is 0 Å². The average Bonchev–Trinajstić information content (AvgIpc) is 3.34. The summed E-state index contributed by atoms with van der Waals surface area (Å²) in [6.45, 7) is 7.88. The number of aliphatic hydroxyl groups is 1. The summed E-state index contributed by atoms with van der Waals surface area (Å²) in [5, 5.41) is 15.9. The van der Waals surface area contributed by atoms with Crippen LogP contribution in [0, 0.1) is 5.92 Å². The largest absolute Gasteiger partial charge is 0.463 e. The highest BCUT2D eigenvalue weighted by Crippen LogP contribution is 2.23. The maximum Gasteiger partial charge on any atom is 0.293 e. The average molecular weight is 513 g/mol. The quantitative estimate of drug-likeness (QED) is 0.286. The molecular formula is C27H36N4O6. The molecule has 3 aromatic rings. The van der Waals surface area contributed by atoms with Gasteiger partial charge in [-0.25, -0.2) is 4.98 Å². The van der Waals surface area contributed by atoms with Gasteiger partial charge in [-0.05, 0) is 37.0 Å². The standard InChI is InChI=1S/C19H28N4O4.C8H8O2/c1-5-12(16(24)19-23-13-8-6-7-9-14(13)27-19)22-17(25)11(4)21-18(26)15(20)10(2)3;9-7-10-6-8-4-2-1-3-5-8/h6-12,15-16,24H,5,20H2,1-4H3,(H,21,26)(H,22,25);1-5,7H,6H2/t11-,12+,15+,16?;/m0./s1.